The van der Waals surface area contributed by atoms with Crippen LogP contribution in [0.25, 0.3) is 5.13 Å². The lowest BCUT2D eigenvalue weighted by Gasteiger charge is -1.96. The van der Waals surface area contributed by atoms with E-state index in [-0.39, 0.29) is 0 Å². The van der Waals surface area contributed by atoms with E-state index >= 15 is 0 Å². The van der Waals surface area contributed by atoms with Gasteiger partial charge in [0.25, 0.3) is 0 Å². The van der Waals surface area contributed by atoms with Gasteiger partial charge >= 0.3 is 0 Å². The standard InChI is InChI=1S/C8H9N3OS2/c1-12-5-6-4-7(13)11(10-6)8-9-2-3-14-8/h2-4,10H,5H2,1H3. The number of hydrogen-bond acceptors (Lipinski definition) is 4. The molecule has 2 heterocycles. The van der Waals surface area contributed by atoms with Crippen molar-refractivity contribution in [2.75, 3.05) is 7.11 Å². The van der Waals surface area contributed by atoms with E-state index in [1.165, 1.54) is 11.3 Å². The first-order valence-corrected chi connectivity index (χ1v) is 5.30. The summed E-state index contributed by atoms with van der Waals surface area (Å²) < 4.78 is 7.49. The molecule has 0 unspecified atom stereocenters. The van der Waals surface area contributed by atoms with Crippen molar-refractivity contribution in [2.24, 2.45) is 0 Å². The van der Waals surface area contributed by atoms with Crippen LogP contribution in [-0.2, 0) is 11.3 Å². The van der Waals surface area contributed by atoms with Gasteiger partial charge in [0.15, 0.2) is 0 Å². The summed E-state index contributed by atoms with van der Waals surface area (Å²) >= 11 is 6.71. The first-order valence-electron chi connectivity index (χ1n) is 4.01. The lowest BCUT2D eigenvalue weighted by atomic mass is 10.5. The summed E-state index contributed by atoms with van der Waals surface area (Å²) in [6.45, 7) is 0.530. The zero-order chi connectivity index (χ0) is 9.97. The molecule has 6 heteroatoms. The number of aromatic amines is 1. The fraction of sp³-hybridized carbons (Fsp3) is 0.250. The number of H-pyrrole nitrogens is 1. The van der Waals surface area contributed by atoms with Crippen LogP contribution in [-0.4, -0.2) is 21.9 Å². The second-order valence-corrected chi connectivity index (χ2v) is 3.99. The van der Waals surface area contributed by atoms with Crippen LogP contribution >= 0.6 is 23.6 Å². The van der Waals surface area contributed by atoms with Gasteiger partial charge in [0, 0.05) is 18.7 Å². The molecule has 0 atom stereocenters. The molecule has 0 bridgehead atoms. The van der Waals surface area contributed by atoms with E-state index in [4.69, 9.17) is 17.0 Å². The Labute approximate surface area is 90.2 Å². The highest BCUT2D eigenvalue weighted by molar-refractivity contribution is 7.71. The van der Waals surface area contributed by atoms with Gasteiger partial charge in [-0.15, -0.1) is 11.3 Å². The Morgan fingerprint density at radius 1 is 1.71 bits per heavy atom. The van der Waals surface area contributed by atoms with E-state index in [1.54, 1.807) is 18.0 Å². The largest absolute Gasteiger partial charge is 0.378 e. The van der Waals surface area contributed by atoms with Crippen LogP contribution in [0.15, 0.2) is 17.6 Å². The summed E-state index contributed by atoms with van der Waals surface area (Å²) in [4.78, 5) is 4.16. The van der Waals surface area contributed by atoms with Gasteiger partial charge in [-0.25, -0.2) is 9.67 Å². The number of methoxy groups -OCH3 is 1. The van der Waals surface area contributed by atoms with Gasteiger partial charge in [0.2, 0.25) is 5.13 Å². The van der Waals surface area contributed by atoms with Gasteiger partial charge in [0.05, 0.1) is 12.3 Å². The normalized spacial score (nSPS) is 10.6. The van der Waals surface area contributed by atoms with E-state index < -0.39 is 0 Å². The molecule has 2 aromatic rings. The number of nitrogens with one attached hydrogen (secondary N) is 1. The molecule has 2 rings (SSSR count). The molecular weight excluding hydrogens is 218 g/mol. The molecular formula is C8H9N3OS2. The minimum Gasteiger partial charge on any atom is -0.378 e. The van der Waals surface area contributed by atoms with Crippen LogP contribution in [0, 0.1) is 4.64 Å². The molecule has 74 valence electrons. The first kappa shape index (κ1) is 9.57. The van der Waals surface area contributed by atoms with E-state index in [2.05, 4.69) is 10.1 Å². The third-order valence-electron chi connectivity index (χ3n) is 1.68. The second-order valence-electron chi connectivity index (χ2n) is 2.70. The van der Waals surface area contributed by atoms with E-state index in [9.17, 15) is 0 Å². The Morgan fingerprint density at radius 2 is 2.57 bits per heavy atom. The number of nitrogens with zero attached hydrogens (tertiary/aromatic N) is 2. The molecule has 0 radical (unpaired) electrons. The predicted molar refractivity (Wildman–Crippen MR) is 57.3 cm³/mol. The molecule has 0 aliphatic carbocycles. The number of ether oxygens (including phenoxy) is 1. The lowest BCUT2D eigenvalue weighted by molar-refractivity contribution is 0.181. The molecule has 0 saturated heterocycles. The van der Waals surface area contributed by atoms with Crippen molar-refractivity contribution < 1.29 is 4.74 Å². The van der Waals surface area contributed by atoms with Crippen molar-refractivity contribution in [3.63, 3.8) is 0 Å². The number of hydrogen-bond donors (Lipinski definition) is 1. The zero-order valence-corrected chi connectivity index (χ0v) is 9.19. The molecule has 4 nitrogen and oxygen atoms in total. The maximum atomic E-state index is 5.18. The minimum atomic E-state index is 0.530. The molecule has 1 N–H and O–H groups in total. The highest BCUT2D eigenvalue weighted by atomic mass is 32.1. The Balaban J connectivity index is 2.40. The summed E-state index contributed by atoms with van der Waals surface area (Å²) in [6.07, 6.45) is 1.75. The maximum absolute atomic E-state index is 5.18. The smallest absolute Gasteiger partial charge is 0.209 e. The predicted octanol–water partition coefficient (Wildman–Crippen LogP) is 2.14. The SMILES string of the molecule is COCc1cc(=S)n(-c2nccs2)[nH]1. The molecule has 0 aliphatic rings. The average molecular weight is 227 g/mol. The monoisotopic (exact) mass is 227 g/mol. The van der Waals surface area contributed by atoms with Crippen molar-refractivity contribution in [2.45, 2.75) is 6.61 Å². The molecule has 0 aromatic carbocycles. The van der Waals surface area contributed by atoms with Crippen molar-refractivity contribution in [1.82, 2.24) is 14.8 Å². The fourth-order valence-corrected chi connectivity index (χ4v) is 2.09. The number of aromatic nitrogens is 3. The van der Waals surface area contributed by atoms with Crippen LogP contribution in [0.2, 0.25) is 0 Å². The van der Waals surface area contributed by atoms with Gasteiger partial charge < -0.3 is 4.74 Å². The fourth-order valence-electron chi connectivity index (χ4n) is 1.14. The Hall–Kier alpha value is -0.980. The average Bonchev–Trinajstić information content (AvgIpc) is 2.74. The van der Waals surface area contributed by atoms with E-state index in [1.807, 2.05) is 11.4 Å². The van der Waals surface area contributed by atoms with Crippen LogP contribution < -0.4 is 0 Å². The number of rotatable bonds is 3. The topological polar surface area (TPSA) is 42.8 Å². The Bertz CT molecular complexity index is 457. The third-order valence-corrected chi connectivity index (χ3v) is 2.74. The lowest BCUT2D eigenvalue weighted by Crippen LogP contribution is -1.96. The Kier molecular flexibility index (Phi) is 2.76. The van der Waals surface area contributed by atoms with Crippen LogP contribution in [0.1, 0.15) is 5.69 Å². The quantitative estimate of drug-likeness (QED) is 0.817. The van der Waals surface area contributed by atoms with Crippen molar-refractivity contribution in [3.05, 3.63) is 28.0 Å². The summed E-state index contributed by atoms with van der Waals surface area (Å²) in [5.74, 6) is 0. The van der Waals surface area contributed by atoms with Crippen LogP contribution in [0.5, 0.6) is 0 Å². The highest BCUT2D eigenvalue weighted by Gasteiger charge is 2.03. The van der Waals surface area contributed by atoms with Gasteiger partial charge in [-0.3, -0.25) is 5.10 Å². The summed E-state index contributed by atoms with van der Waals surface area (Å²) in [5.41, 5.74) is 0.952. The summed E-state index contributed by atoms with van der Waals surface area (Å²) in [6, 6.07) is 1.88. The van der Waals surface area contributed by atoms with E-state index in [0.29, 0.717) is 11.2 Å². The molecule has 0 aliphatic heterocycles. The highest BCUT2D eigenvalue weighted by Crippen LogP contribution is 2.12. The molecule has 0 amide bonds. The molecule has 2 aromatic heterocycles. The first-order chi connectivity index (χ1) is 6.81. The summed E-state index contributed by atoms with van der Waals surface area (Å²) in [5, 5.41) is 5.88. The van der Waals surface area contributed by atoms with Gasteiger partial charge in [-0.1, -0.05) is 12.2 Å². The number of thiazole rings is 1. The zero-order valence-electron chi connectivity index (χ0n) is 7.56. The van der Waals surface area contributed by atoms with Crippen molar-refractivity contribution in [1.29, 1.82) is 0 Å². The van der Waals surface area contributed by atoms with Crippen molar-refractivity contribution in [3.8, 4) is 5.13 Å². The Morgan fingerprint density at radius 3 is 3.21 bits per heavy atom. The van der Waals surface area contributed by atoms with E-state index in [0.717, 1.165) is 10.8 Å². The third kappa shape index (κ3) is 1.77. The summed E-state index contributed by atoms with van der Waals surface area (Å²) in [7, 11) is 1.65. The van der Waals surface area contributed by atoms with Crippen LogP contribution in [0.3, 0.4) is 0 Å². The minimum absolute atomic E-state index is 0.530. The van der Waals surface area contributed by atoms with Gasteiger partial charge in [-0.2, -0.15) is 0 Å². The molecule has 0 fully saturated rings. The molecule has 14 heavy (non-hydrogen) atoms. The van der Waals surface area contributed by atoms with Gasteiger partial charge in [0.1, 0.15) is 4.64 Å². The van der Waals surface area contributed by atoms with Crippen molar-refractivity contribution >= 4 is 23.6 Å². The maximum Gasteiger partial charge on any atom is 0.209 e. The van der Waals surface area contributed by atoms with Crippen LogP contribution in [0.4, 0.5) is 0 Å². The molecule has 0 spiro atoms. The second kappa shape index (κ2) is 4.04. The molecule has 0 saturated carbocycles. The van der Waals surface area contributed by atoms with Gasteiger partial charge in [-0.05, 0) is 6.07 Å².